The predicted molar refractivity (Wildman–Crippen MR) is 76.9 cm³/mol. The van der Waals surface area contributed by atoms with Gasteiger partial charge in [0, 0.05) is 5.56 Å². The molecule has 0 bridgehead atoms. The van der Waals surface area contributed by atoms with Crippen molar-refractivity contribution in [2.45, 2.75) is 52.5 Å². The van der Waals surface area contributed by atoms with Crippen LogP contribution in [0.15, 0.2) is 24.3 Å². The summed E-state index contributed by atoms with van der Waals surface area (Å²) < 4.78 is 0. The van der Waals surface area contributed by atoms with E-state index in [2.05, 4.69) is 81.2 Å². The van der Waals surface area contributed by atoms with Gasteiger partial charge in [-0.25, -0.2) is 0 Å². The van der Waals surface area contributed by atoms with Crippen LogP contribution in [0.3, 0.4) is 0 Å². The largest absolute Gasteiger partial charge is 0.204 e. The van der Waals surface area contributed by atoms with E-state index in [0.717, 1.165) is 5.56 Å². The van der Waals surface area contributed by atoms with Gasteiger partial charge in [0.1, 0.15) is 0 Å². The Morgan fingerprint density at radius 1 is 0.895 bits per heavy atom. The van der Waals surface area contributed by atoms with Crippen molar-refractivity contribution in [2.75, 3.05) is 0 Å². The second kappa shape index (κ2) is 4.44. The SMILES string of the molecule is CC(C)(C)c1ccc(-c2nnn(C(C)(C)C)n2)cc1. The highest BCUT2D eigenvalue weighted by molar-refractivity contribution is 5.54. The molecule has 0 atom stereocenters. The molecule has 2 rings (SSSR count). The normalized spacial score (nSPS) is 12.7. The molecule has 0 N–H and O–H groups in total. The van der Waals surface area contributed by atoms with Crippen LogP contribution in [0.4, 0.5) is 0 Å². The number of hydrogen-bond acceptors (Lipinski definition) is 3. The highest BCUT2D eigenvalue weighted by Crippen LogP contribution is 2.24. The second-order valence-corrected chi connectivity index (χ2v) is 6.90. The number of nitrogens with zero attached hydrogens (tertiary/aromatic N) is 4. The average Bonchev–Trinajstić information content (AvgIpc) is 2.77. The summed E-state index contributed by atoms with van der Waals surface area (Å²) in [6.45, 7) is 12.8. The Hall–Kier alpha value is -1.71. The minimum atomic E-state index is -0.142. The van der Waals surface area contributed by atoms with E-state index in [9.17, 15) is 0 Å². The lowest BCUT2D eigenvalue weighted by molar-refractivity contribution is 0.306. The molecule has 0 unspecified atom stereocenters. The summed E-state index contributed by atoms with van der Waals surface area (Å²) in [5.41, 5.74) is 2.33. The summed E-state index contributed by atoms with van der Waals surface area (Å²) in [4.78, 5) is 1.65. The molecule has 102 valence electrons. The van der Waals surface area contributed by atoms with Gasteiger partial charge in [-0.05, 0) is 37.0 Å². The van der Waals surface area contributed by atoms with Gasteiger partial charge in [0.05, 0.1) is 5.54 Å². The Morgan fingerprint density at radius 3 is 1.89 bits per heavy atom. The first-order chi connectivity index (χ1) is 8.68. The van der Waals surface area contributed by atoms with Crippen molar-refractivity contribution in [3.05, 3.63) is 29.8 Å². The fourth-order valence-electron chi connectivity index (χ4n) is 1.73. The molecule has 0 aliphatic heterocycles. The van der Waals surface area contributed by atoms with E-state index < -0.39 is 0 Å². The van der Waals surface area contributed by atoms with Crippen molar-refractivity contribution in [1.82, 2.24) is 20.2 Å². The summed E-state index contributed by atoms with van der Waals surface area (Å²) in [6, 6.07) is 8.38. The fraction of sp³-hybridized carbons (Fsp3) is 0.533. The quantitative estimate of drug-likeness (QED) is 0.787. The maximum Gasteiger partial charge on any atom is 0.204 e. The molecule has 0 spiro atoms. The van der Waals surface area contributed by atoms with E-state index in [0.29, 0.717) is 5.82 Å². The van der Waals surface area contributed by atoms with Crippen LogP contribution in [0.1, 0.15) is 47.1 Å². The summed E-state index contributed by atoms with van der Waals surface area (Å²) in [6.07, 6.45) is 0. The summed E-state index contributed by atoms with van der Waals surface area (Å²) in [5.74, 6) is 0.676. The summed E-state index contributed by atoms with van der Waals surface area (Å²) >= 11 is 0. The highest BCUT2D eigenvalue weighted by Gasteiger charge is 2.18. The smallest absolute Gasteiger partial charge is 0.158 e. The van der Waals surface area contributed by atoms with Crippen LogP contribution < -0.4 is 0 Å². The van der Waals surface area contributed by atoms with Gasteiger partial charge in [-0.3, -0.25) is 0 Å². The lowest BCUT2D eigenvalue weighted by atomic mass is 9.87. The third-order valence-corrected chi connectivity index (χ3v) is 3.02. The van der Waals surface area contributed by atoms with E-state index >= 15 is 0 Å². The van der Waals surface area contributed by atoms with Crippen molar-refractivity contribution in [1.29, 1.82) is 0 Å². The van der Waals surface area contributed by atoms with Crippen molar-refractivity contribution in [3.8, 4) is 11.4 Å². The zero-order valence-electron chi connectivity index (χ0n) is 12.6. The van der Waals surface area contributed by atoms with Crippen LogP contribution in [0.25, 0.3) is 11.4 Å². The second-order valence-electron chi connectivity index (χ2n) is 6.90. The van der Waals surface area contributed by atoms with Gasteiger partial charge in [0.2, 0.25) is 5.82 Å². The first-order valence-corrected chi connectivity index (χ1v) is 6.59. The maximum atomic E-state index is 4.44. The molecule has 0 aliphatic rings. The molecule has 1 heterocycles. The molecule has 0 amide bonds. The van der Waals surface area contributed by atoms with Crippen molar-refractivity contribution < 1.29 is 0 Å². The Labute approximate surface area is 114 Å². The van der Waals surface area contributed by atoms with Gasteiger partial charge in [0.25, 0.3) is 0 Å². The molecule has 0 aliphatic carbocycles. The molecule has 0 radical (unpaired) electrons. The summed E-state index contributed by atoms with van der Waals surface area (Å²) in [5, 5.41) is 12.7. The van der Waals surface area contributed by atoms with Gasteiger partial charge >= 0.3 is 0 Å². The van der Waals surface area contributed by atoms with Crippen LogP contribution in [-0.2, 0) is 11.0 Å². The van der Waals surface area contributed by atoms with Crippen LogP contribution in [0.2, 0.25) is 0 Å². The van der Waals surface area contributed by atoms with Crippen molar-refractivity contribution in [3.63, 3.8) is 0 Å². The zero-order valence-corrected chi connectivity index (χ0v) is 12.6. The monoisotopic (exact) mass is 258 g/mol. The molecule has 1 aromatic carbocycles. The Balaban J connectivity index is 2.31. The number of hydrogen-bond donors (Lipinski definition) is 0. The predicted octanol–water partition coefficient (Wildman–Crippen LogP) is 3.39. The number of tetrazole rings is 1. The summed E-state index contributed by atoms with van der Waals surface area (Å²) in [7, 11) is 0. The third-order valence-electron chi connectivity index (χ3n) is 3.02. The van der Waals surface area contributed by atoms with E-state index in [1.54, 1.807) is 4.80 Å². The molecule has 19 heavy (non-hydrogen) atoms. The molecule has 1 aromatic heterocycles. The topological polar surface area (TPSA) is 43.6 Å². The van der Waals surface area contributed by atoms with Crippen LogP contribution >= 0.6 is 0 Å². The van der Waals surface area contributed by atoms with Gasteiger partial charge in [-0.2, -0.15) is 4.80 Å². The average molecular weight is 258 g/mol. The number of aromatic nitrogens is 4. The molecular formula is C15H22N4. The zero-order chi connectivity index (χ0) is 14.3. The number of benzene rings is 1. The molecule has 4 nitrogen and oxygen atoms in total. The van der Waals surface area contributed by atoms with Gasteiger partial charge in [-0.15, -0.1) is 10.2 Å². The molecular weight excluding hydrogens is 236 g/mol. The molecule has 4 heteroatoms. The van der Waals surface area contributed by atoms with Crippen LogP contribution in [0, 0.1) is 0 Å². The van der Waals surface area contributed by atoms with Crippen molar-refractivity contribution in [2.24, 2.45) is 0 Å². The minimum Gasteiger partial charge on any atom is -0.158 e. The fourth-order valence-corrected chi connectivity index (χ4v) is 1.73. The molecule has 0 fully saturated rings. The van der Waals surface area contributed by atoms with Gasteiger partial charge in [0.15, 0.2) is 0 Å². The standard InChI is InChI=1S/C15H22N4/c1-14(2,3)12-9-7-11(8-10-12)13-16-18-19(17-13)15(4,5)6/h7-10H,1-6H3. The molecule has 0 saturated heterocycles. The van der Waals surface area contributed by atoms with E-state index in [1.165, 1.54) is 5.56 Å². The lowest BCUT2D eigenvalue weighted by Crippen LogP contribution is -2.24. The van der Waals surface area contributed by atoms with Gasteiger partial charge in [-0.1, -0.05) is 45.0 Å². The Morgan fingerprint density at radius 2 is 1.47 bits per heavy atom. The first kappa shape index (κ1) is 13.7. The van der Waals surface area contributed by atoms with E-state index in [1.807, 2.05) is 0 Å². The maximum absolute atomic E-state index is 4.44. The molecule has 2 aromatic rings. The third kappa shape index (κ3) is 3.00. The van der Waals surface area contributed by atoms with Crippen LogP contribution in [-0.4, -0.2) is 20.2 Å². The number of rotatable bonds is 1. The Kier molecular flexibility index (Phi) is 3.20. The van der Waals surface area contributed by atoms with Crippen molar-refractivity contribution >= 4 is 0 Å². The Bertz CT molecular complexity index is 553. The lowest BCUT2D eigenvalue weighted by Gasteiger charge is -2.18. The minimum absolute atomic E-state index is 0.142. The van der Waals surface area contributed by atoms with Gasteiger partial charge < -0.3 is 0 Å². The van der Waals surface area contributed by atoms with Crippen LogP contribution in [0.5, 0.6) is 0 Å². The molecule has 0 saturated carbocycles. The van der Waals surface area contributed by atoms with E-state index in [-0.39, 0.29) is 11.0 Å². The highest BCUT2D eigenvalue weighted by atomic mass is 15.6. The van der Waals surface area contributed by atoms with E-state index in [4.69, 9.17) is 0 Å². The first-order valence-electron chi connectivity index (χ1n) is 6.59.